The normalized spacial score (nSPS) is 14.2. The van der Waals surface area contributed by atoms with Gasteiger partial charge in [-0.15, -0.1) is 5.10 Å². The van der Waals surface area contributed by atoms with Crippen LogP contribution in [0.3, 0.4) is 0 Å². The zero-order valence-electron chi connectivity index (χ0n) is 9.54. The van der Waals surface area contributed by atoms with Gasteiger partial charge in [-0.05, 0) is 12.8 Å². The highest BCUT2D eigenvalue weighted by Crippen LogP contribution is 2.29. The molecule has 0 spiro atoms. The van der Waals surface area contributed by atoms with Crippen LogP contribution in [-0.2, 0) is 0 Å². The van der Waals surface area contributed by atoms with Gasteiger partial charge in [-0.2, -0.15) is 9.94 Å². The Morgan fingerprint density at radius 3 is 2.89 bits per heavy atom. The Labute approximate surface area is 103 Å². The fraction of sp³-hybridized carbons (Fsp3) is 0.273. The molecular formula is C11H11N7. The summed E-state index contributed by atoms with van der Waals surface area (Å²) in [5.74, 6) is 1.29. The molecule has 7 nitrogen and oxygen atoms in total. The van der Waals surface area contributed by atoms with Gasteiger partial charge in [0.25, 0.3) is 0 Å². The van der Waals surface area contributed by atoms with Crippen LogP contribution in [-0.4, -0.2) is 25.8 Å². The molecule has 2 heterocycles. The van der Waals surface area contributed by atoms with Crippen molar-refractivity contribution in [3.8, 4) is 11.9 Å². The molecule has 0 aliphatic heterocycles. The molecule has 1 saturated carbocycles. The average molecular weight is 241 g/mol. The lowest BCUT2D eigenvalue weighted by Crippen LogP contribution is -2.05. The maximum absolute atomic E-state index is 9.13. The molecule has 0 bridgehead atoms. The molecule has 0 amide bonds. The van der Waals surface area contributed by atoms with Crippen molar-refractivity contribution in [2.75, 3.05) is 11.1 Å². The van der Waals surface area contributed by atoms with E-state index in [2.05, 4.69) is 26.5 Å². The van der Waals surface area contributed by atoms with Crippen molar-refractivity contribution in [3.63, 3.8) is 0 Å². The molecule has 1 fully saturated rings. The molecule has 3 rings (SSSR count). The Morgan fingerprint density at radius 1 is 1.44 bits per heavy atom. The zero-order valence-corrected chi connectivity index (χ0v) is 9.54. The molecule has 0 atom stereocenters. The van der Waals surface area contributed by atoms with Crippen LogP contribution in [0, 0.1) is 11.3 Å². The summed E-state index contributed by atoms with van der Waals surface area (Å²) in [6.45, 7) is 0. The summed E-state index contributed by atoms with van der Waals surface area (Å²) >= 11 is 0. The van der Waals surface area contributed by atoms with E-state index in [0.29, 0.717) is 23.2 Å². The van der Waals surface area contributed by atoms with Crippen LogP contribution in [0.4, 0.5) is 11.6 Å². The molecule has 7 heteroatoms. The van der Waals surface area contributed by atoms with Crippen LogP contribution in [0.15, 0.2) is 18.6 Å². The number of rotatable bonds is 3. The molecule has 1 aliphatic carbocycles. The minimum Gasteiger partial charge on any atom is -0.382 e. The summed E-state index contributed by atoms with van der Waals surface area (Å²) in [4.78, 5) is 8.07. The number of hydrogen-bond acceptors (Lipinski definition) is 6. The van der Waals surface area contributed by atoms with E-state index >= 15 is 0 Å². The Bertz CT molecular complexity index is 606. The maximum Gasteiger partial charge on any atom is 0.174 e. The Hall–Kier alpha value is -2.62. The van der Waals surface area contributed by atoms with Gasteiger partial charge in [0.1, 0.15) is 17.5 Å². The predicted molar refractivity (Wildman–Crippen MR) is 64.9 cm³/mol. The second-order valence-electron chi connectivity index (χ2n) is 4.11. The second kappa shape index (κ2) is 4.00. The van der Waals surface area contributed by atoms with Gasteiger partial charge in [-0.1, -0.05) is 0 Å². The summed E-state index contributed by atoms with van der Waals surface area (Å²) in [6, 6.07) is 2.47. The molecule has 0 radical (unpaired) electrons. The average Bonchev–Trinajstić information content (AvgIpc) is 3.15. The lowest BCUT2D eigenvalue weighted by molar-refractivity contribution is 0.846. The van der Waals surface area contributed by atoms with Crippen LogP contribution in [0.25, 0.3) is 5.82 Å². The highest BCUT2D eigenvalue weighted by Gasteiger charge is 2.25. The first kappa shape index (κ1) is 10.5. The molecule has 0 aromatic carbocycles. The van der Waals surface area contributed by atoms with E-state index in [1.165, 1.54) is 4.68 Å². The Kier molecular flexibility index (Phi) is 2.34. The van der Waals surface area contributed by atoms with E-state index in [9.17, 15) is 0 Å². The van der Waals surface area contributed by atoms with Crippen LogP contribution in [0.1, 0.15) is 18.4 Å². The van der Waals surface area contributed by atoms with Gasteiger partial charge >= 0.3 is 0 Å². The quantitative estimate of drug-likeness (QED) is 0.819. The number of nitrogen functional groups attached to an aromatic ring is 1. The van der Waals surface area contributed by atoms with Crippen molar-refractivity contribution in [1.29, 1.82) is 5.26 Å². The molecule has 2 aromatic heterocycles. The van der Waals surface area contributed by atoms with Crippen molar-refractivity contribution >= 4 is 11.6 Å². The smallest absolute Gasteiger partial charge is 0.174 e. The zero-order chi connectivity index (χ0) is 12.5. The van der Waals surface area contributed by atoms with Crippen LogP contribution in [0.2, 0.25) is 0 Å². The molecule has 1 aliphatic rings. The first-order chi connectivity index (χ1) is 8.79. The Morgan fingerprint density at radius 2 is 2.28 bits per heavy atom. The lowest BCUT2D eigenvalue weighted by atomic mass is 10.3. The van der Waals surface area contributed by atoms with E-state index in [1.54, 1.807) is 18.6 Å². The molecule has 18 heavy (non-hydrogen) atoms. The van der Waals surface area contributed by atoms with Crippen LogP contribution in [0.5, 0.6) is 0 Å². The SMILES string of the molecule is N#Cc1c(NC2CC2)nn(-c2cnccn2)c1N. The van der Waals surface area contributed by atoms with Gasteiger partial charge in [0.2, 0.25) is 0 Å². The van der Waals surface area contributed by atoms with Crippen molar-refractivity contribution in [2.45, 2.75) is 18.9 Å². The minimum absolute atomic E-state index is 0.279. The van der Waals surface area contributed by atoms with Gasteiger partial charge in [-0.25, -0.2) is 4.98 Å². The fourth-order valence-corrected chi connectivity index (χ4v) is 1.64. The largest absolute Gasteiger partial charge is 0.382 e. The van der Waals surface area contributed by atoms with Gasteiger partial charge in [-0.3, -0.25) is 4.98 Å². The number of nitrogens with one attached hydrogen (secondary N) is 1. The minimum atomic E-state index is 0.279. The Balaban J connectivity index is 2.05. The number of aromatic nitrogens is 4. The fourth-order valence-electron chi connectivity index (χ4n) is 1.64. The summed E-state index contributed by atoms with van der Waals surface area (Å²) in [7, 11) is 0. The van der Waals surface area contributed by atoms with E-state index < -0.39 is 0 Å². The number of anilines is 2. The first-order valence-electron chi connectivity index (χ1n) is 5.61. The van der Waals surface area contributed by atoms with Gasteiger partial charge < -0.3 is 11.1 Å². The van der Waals surface area contributed by atoms with Gasteiger partial charge in [0, 0.05) is 18.4 Å². The predicted octanol–water partition coefficient (Wildman–Crippen LogP) is 0.690. The number of nitrogens with zero attached hydrogens (tertiary/aromatic N) is 5. The number of nitrogens with two attached hydrogens (primary N) is 1. The molecular weight excluding hydrogens is 230 g/mol. The number of nitriles is 1. The first-order valence-corrected chi connectivity index (χ1v) is 5.61. The topological polar surface area (TPSA) is 105 Å². The van der Waals surface area contributed by atoms with E-state index in [4.69, 9.17) is 11.0 Å². The van der Waals surface area contributed by atoms with Gasteiger partial charge in [0.15, 0.2) is 11.6 Å². The van der Waals surface area contributed by atoms with Crippen molar-refractivity contribution < 1.29 is 0 Å². The summed E-state index contributed by atoms with van der Waals surface area (Å²) in [6.07, 6.45) is 6.87. The van der Waals surface area contributed by atoms with E-state index in [0.717, 1.165) is 12.8 Å². The molecule has 0 unspecified atom stereocenters. The highest BCUT2D eigenvalue weighted by atomic mass is 15.4. The summed E-state index contributed by atoms with van der Waals surface area (Å²) in [5, 5.41) is 16.6. The number of hydrogen-bond donors (Lipinski definition) is 2. The third kappa shape index (κ3) is 1.73. The summed E-state index contributed by atoms with van der Waals surface area (Å²) in [5.41, 5.74) is 6.27. The van der Waals surface area contributed by atoms with Crippen molar-refractivity contribution in [2.24, 2.45) is 0 Å². The van der Waals surface area contributed by atoms with Crippen molar-refractivity contribution in [1.82, 2.24) is 19.7 Å². The maximum atomic E-state index is 9.13. The third-order valence-corrected chi connectivity index (χ3v) is 2.72. The summed E-state index contributed by atoms with van der Waals surface area (Å²) < 4.78 is 1.43. The van der Waals surface area contributed by atoms with E-state index in [-0.39, 0.29) is 5.82 Å². The van der Waals surface area contributed by atoms with E-state index in [1.807, 2.05) is 0 Å². The lowest BCUT2D eigenvalue weighted by Gasteiger charge is -2.00. The molecule has 3 N–H and O–H groups in total. The molecule has 90 valence electrons. The van der Waals surface area contributed by atoms with Crippen LogP contribution >= 0.6 is 0 Å². The van der Waals surface area contributed by atoms with Crippen LogP contribution < -0.4 is 11.1 Å². The third-order valence-electron chi connectivity index (χ3n) is 2.72. The highest BCUT2D eigenvalue weighted by molar-refractivity contribution is 5.66. The second-order valence-corrected chi connectivity index (χ2v) is 4.11. The standard InChI is InChI=1S/C11H11N7/c12-5-8-10(13)18(9-6-14-3-4-15-9)17-11(8)16-7-1-2-7/h3-4,6-7H,1-2,13H2,(H,16,17). The molecule has 0 saturated heterocycles. The molecule has 2 aromatic rings. The van der Waals surface area contributed by atoms with Crippen molar-refractivity contribution in [3.05, 3.63) is 24.2 Å². The monoisotopic (exact) mass is 241 g/mol. The van der Waals surface area contributed by atoms with Gasteiger partial charge in [0.05, 0.1) is 6.20 Å².